The SMILES string of the molecule is Cc1cccc(CN(Cc2cccc(C)n2)C(=O)CCCN)n1.Cl.Cl.Cl. The number of halogens is 3. The molecule has 0 aromatic carbocycles. The first-order valence-electron chi connectivity index (χ1n) is 7.91. The van der Waals surface area contributed by atoms with Crippen molar-refractivity contribution >= 4 is 43.1 Å². The largest absolute Gasteiger partial charge is 0.331 e. The second-order valence-corrected chi connectivity index (χ2v) is 5.68. The number of rotatable bonds is 7. The zero-order chi connectivity index (χ0) is 16.7. The topological polar surface area (TPSA) is 72.1 Å². The zero-order valence-corrected chi connectivity index (χ0v) is 17.5. The number of carbonyl (C=O) groups excluding carboxylic acids is 1. The smallest absolute Gasteiger partial charge is 0.223 e. The maximum Gasteiger partial charge on any atom is 0.223 e. The minimum Gasteiger partial charge on any atom is -0.331 e. The molecule has 0 aliphatic rings. The molecule has 0 radical (unpaired) electrons. The van der Waals surface area contributed by atoms with E-state index < -0.39 is 0 Å². The number of nitrogens with two attached hydrogens (primary N) is 1. The van der Waals surface area contributed by atoms with Crippen molar-refractivity contribution in [2.24, 2.45) is 5.73 Å². The number of aromatic nitrogens is 2. The Morgan fingerprint density at radius 2 is 1.38 bits per heavy atom. The van der Waals surface area contributed by atoms with Gasteiger partial charge in [0.05, 0.1) is 24.5 Å². The van der Waals surface area contributed by atoms with Gasteiger partial charge in [0.15, 0.2) is 0 Å². The Kier molecular flexibility index (Phi) is 14.2. The average Bonchev–Trinajstić information content (AvgIpc) is 2.52. The summed E-state index contributed by atoms with van der Waals surface area (Å²) < 4.78 is 0. The van der Waals surface area contributed by atoms with E-state index in [1.165, 1.54) is 0 Å². The fourth-order valence-electron chi connectivity index (χ4n) is 2.41. The van der Waals surface area contributed by atoms with E-state index in [9.17, 15) is 4.79 Å². The summed E-state index contributed by atoms with van der Waals surface area (Å²) >= 11 is 0. The number of hydrogen-bond donors (Lipinski definition) is 1. The van der Waals surface area contributed by atoms with Crippen LogP contribution in [0.4, 0.5) is 0 Å². The van der Waals surface area contributed by atoms with Gasteiger partial charge in [-0.2, -0.15) is 0 Å². The summed E-state index contributed by atoms with van der Waals surface area (Å²) in [7, 11) is 0. The van der Waals surface area contributed by atoms with E-state index in [2.05, 4.69) is 9.97 Å². The van der Waals surface area contributed by atoms with Crippen LogP contribution in [-0.2, 0) is 17.9 Å². The highest BCUT2D eigenvalue weighted by atomic mass is 35.5. The van der Waals surface area contributed by atoms with Crippen LogP contribution in [0.3, 0.4) is 0 Å². The summed E-state index contributed by atoms with van der Waals surface area (Å²) in [5.41, 5.74) is 9.20. The normalized spacial score (nSPS) is 9.35. The van der Waals surface area contributed by atoms with Gasteiger partial charge < -0.3 is 10.6 Å². The van der Waals surface area contributed by atoms with E-state index in [4.69, 9.17) is 5.73 Å². The van der Waals surface area contributed by atoms with Crippen molar-refractivity contribution in [3.05, 3.63) is 59.2 Å². The Bertz CT molecular complexity index is 623. The van der Waals surface area contributed by atoms with Gasteiger partial charge in [-0.05, 0) is 51.1 Å². The Balaban J connectivity index is 0. The van der Waals surface area contributed by atoms with Gasteiger partial charge in [-0.1, -0.05) is 12.1 Å². The molecule has 8 heteroatoms. The fraction of sp³-hybridized carbons (Fsp3) is 0.389. The minimum absolute atomic E-state index is 0. The van der Waals surface area contributed by atoms with E-state index >= 15 is 0 Å². The third-order valence-corrected chi connectivity index (χ3v) is 3.55. The van der Waals surface area contributed by atoms with E-state index in [-0.39, 0.29) is 43.1 Å². The second kappa shape index (κ2) is 13.8. The summed E-state index contributed by atoms with van der Waals surface area (Å²) in [5, 5.41) is 0. The Morgan fingerprint density at radius 3 is 1.77 bits per heavy atom. The highest BCUT2D eigenvalue weighted by molar-refractivity contribution is 5.86. The van der Waals surface area contributed by atoms with Gasteiger partial charge in [0.2, 0.25) is 5.91 Å². The molecule has 0 aliphatic carbocycles. The molecular formula is C18H27Cl3N4O. The summed E-state index contributed by atoms with van der Waals surface area (Å²) in [6.07, 6.45) is 1.14. The first-order valence-corrected chi connectivity index (χ1v) is 7.91. The van der Waals surface area contributed by atoms with Crippen LogP contribution in [0.5, 0.6) is 0 Å². The lowest BCUT2D eigenvalue weighted by atomic mass is 10.2. The molecule has 0 atom stereocenters. The quantitative estimate of drug-likeness (QED) is 0.741. The lowest BCUT2D eigenvalue weighted by Gasteiger charge is -2.22. The van der Waals surface area contributed by atoms with Crippen LogP contribution in [0.2, 0.25) is 0 Å². The van der Waals surface area contributed by atoms with Crippen molar-refractivity contribution in [3.8, 4) is 0 Å². The van der Waals surface area contributed by atoms with Crippen LogP contribution in [0.15, 0.2) is 36.4 Å². The molecule has 0 saturated heterocycles. The number of amides is 1. The molecule has 2 aromatic heterocycles. The lowest BCUT2D eigenvalue weighted by molar-refractivity contribution is -0.132. The van der Waals surface area contributed by atoms with Crippen LogP contribution < -0.4 is 5.73 Å². The van der Waals surface area contributed by atoms with E-state index in [1.807, 2.05) is 50.2 Å². The van der Waals surface area contributed by atoms with Crippen molar-refractivity contribution in [1.29, 1.82) is 0 Å². The van der Waals surface area contributed by atoms with Crippen LogP contribution >= 0.6 is 37.2 Å². The van der Waals surface area contributed by atoms with Crippen molar-refractivity contribution in [1.82, 2.24) is 14.9 Å². The van der Waals surface area contributed by atoms with Crippen LogP contribution in [0.25, 0.3) is 0 Å². The molecule has 0 spiro atoms. The number of carbonyl (C=O) groups is 1. The van der Waals surface area contributed by atoms with Crippen molar-refractivity contribution in [3.63, 3.8) is 0 Å². The third-order valence-electron chi connectivity index (χ3n) is 3.55. The maximum absolute atomic E-state index is 12.5. The maximum atomic E-state index is 12.5. The van der Waals surface area contributed by atoms with Gasteiger partial charge >= 0.3 is 0 Å². The van der Waals surface area contributed by atoms with Crippen LogP contribution in [-0.4, -0.2) is 27.3 Å². The molecule has 0 aliphatic heterocycles. The third kappa shape index (κ3) is 8.81. The highest BCUT2D eigenvalue weighted by Crippen LogP contribution is 2.11. The Morgan fingerprint density at radius 1 is 0.923 bits per heavy atom. The Labute approximate surface area is 174 Å². The molecule has 0 unspecified atom stereocenters. The molecule has 0 bridgehead atoms. The van der Waals surface area contributed by atoms with Crippen LogP contribution in [0.1, 0.15) is 35.6 Å². The molecule has 1 amide bonds. The fourth-order valence-corrected chi connectivity index (χ4v) is 2.41. The number of hydrogen-bond acceptors (Lipinski definition) is 4. The molecule has 0 fully saturated rings. The summed E-state index contributed by atoms with van der Waals surface area (Å²) in [5.74, 6) is 0.0852. The zero-order valence-electron chi connectivity index (χ0n) is 15.1. The van der Waals surface area contributed by atoms with Crippen molar-refractivity contribution < 1.29 is 4.79 Å². The predicted octanol–water partition coefficient (Wildman–Crippen LogP) is 3.63. The average molecular weight is 422 g/mol. The van der Waals surface area contributed by atoms with Gasteiger partial charge in [-0.25, -0.2) is 0 Å². The standard InChI is InChI=1S/C18H24N4O.3ClH/c1-14-6-3-8-16(20-14)12-22(18(23)10-5-11-19)13-17-9-4-7-15(2)21-17;;;/h3-4,6-9H,5,10-13,19H2,1-2H3;3*1H. The van der Waals surface area contributed by atoms with Crippen molar-refractivity contribution in [2.75, 3.05) is 6.54 Å². The lowest BCUT2D eigenvalue weighted by Crippen LogP contribution is -2.31. The number of nitrogens with zero attached hydrogens (tertiary/aromatic N) is 3. The van der Waals surface area contributed by atoms with Gasteiger partial charge in [0, 0.05) is 17.8 Å². The minimum atomic E-state index is 0. The highest BCUT2D eigenvalue weighted by Gasteiger charge is 2.15. The van der Waals surface area contributed by atoms with Crippen LogP contribution in [0, 0.1) is 13.8 Å². The first-order chi connectivity index (χ1) is 11.1. The van der Waals surface area contributed by atoms with E-state index in [0.717, 1.165) is 22.8 Å². The number of aryl methyl sites for hydroxylation is 2. The van der Waals surface area contributed by atoms with Gasteiger partial charge in [0.25, 0.3) is 0 Å². The van der Waals surface area contributed by atoms with E-state index in [0.29, 0.717) is 32.5 Å². The summed E-state index contributed by atoms with van der Waals surface area (Å²) in [4.78, 5) is 23.3. The monoisotopic (exact) mass is 420 g/mol. The van der Waals surface area contributed by atoms with Gasteiger partial charge in [-0.15, -0.1) is 37.2 Å². The molecule has 2 N–H and O–H groups in total. The molecule has 2 aromatic rings. The summed E-state index contributed by atoms with van der Waals surface area (Å²) in [6.45, 7) is 5.39. The molecule has 26 heavy (non-hydrogen) atoms. The predicted molar refractivity (Wildman–Crippen MR) is 112 cm³/mol. The molecule has 2 heterocycles. The first kappa shape index (κ1) is 26.8. The van der Waals surface area contributed by atoms with Gasteiger partial charge in [-0.3, -0.25) is 14.8 Å². The molecular weight excluding hydrogens is 395 g/mol. The van der Waals surface area contributed by atoms with Gasteiger partial charge in [0.1, 0.15) is 0 Å². The molecule has 5 nitrogen and oxygen atoms in total. The molecule has 2 rings (SSSR count). The molecule has 146 valence electrons. The summed E-state index contributed by atoms with van der Waals surface area (Å²) in [6, 6.07) is 11.7. The van der Waals surface area contributed by atoms with E-state index in [1.54, 1.807) is 4.90 Å². The number of pyridine rings is 2. The van der Waals surface area contributed by atoms with Crippen molar-refractivity contribution in [2.45, 2.75) is 39.8 Å². The molecule has 0 saturated carbocycles. The Hall–Kier alpha value is -1.40. The second-order valence-electron chi connectivity index (χ2n) is 5.68.